The molecular formula is C15H12BrF4NO. The van der Waals surface area contributed by atoms with Crippen molar-refractivity contribution < 1.29 is 22.3 Å². The summed E-state index contributed by atoms with van der Waals surface area (Å²) in [4.78, 5) is 3.89. The zero-order valence-corrected chi connectivity index (χ0v) is 13.1. The molecule has 118 valence electrons. The summed E-state index contributed by atoms with van der Waals surface area (Å²) < 4.78 is 60.9. The van der Waals surface area contributed by atoms with E-state index < -0.39 is 33.2 Å². The number of hydrogen-bond acceptors (Lipinski definition) is 2. The van der Waals surface area contributed by atoms with Crippen molar-refractivity contribution in [3.63, 3.8) is 0 Å². The molecule has 3 rings (SSSR count). The highest BCUT2D eigenvalue weighted by molar-refractivity contribution is 9.10. The van der Waals surface area contributed by atoms with Crippen molar-refractivity contribution >= 4 is 21.6 Å². The summed E-state index contributed by atoms with van der Waals surface area (Å²) in [6, 6.07) is 2.50. The summed E-state index contributed by atoms with van der Waals surface area (Å²) in [5, 5.41) is 0. The van der Waals surface area contributed by atoms with E-state index in [-0.39, 0.29) is 18.7 Å². The van der Waals surface area contributed by atoms with Crippen molar-refractivity contribution in [3.05, 3.63) is 47.5 Å². The van der Waals surface area contributed by atoms with Gasteiger partial charge < -0.3 is 4.74 Å². The Hall–Kier alpha value is -1.21. The number of epoxide rings is 1. The van der Waals surface area contributed by atoms with E-state index in [9.17, 15) is 17.6 Å². The van der Waals surface area contributed by atoms with Gasteiger partial charge in [-0.25, -0.2) is 8.78 Å². The lowest BCUT2D eigenvalue weighted by Gasteiger charge is -2.28. The maximum Gasteiger partial charge on any atom is 0.324 e. The molecule has 0 radical (unpaired) electrons. The number of halogens is 5. The molecule has 0 aliphatic carbocycles. The SMILES string of the molecule is CC1(Br)C=CC(C(F)(F)C2(c3ccc(F)cc3F)CO2)=NC1. The van der Waals surface area contributed by atoms with Crippen LogP contribution in [-0.2, 0) is 10.3 Å². The number of dihydropyridines is 1. The van der Waals surface area contributed by atoms with Crippen LogP contribution in [0.3, 0.4) is 0 Å². The Morgan fingerprint density at radius 2 is 2.00 bits per heavy atom. The van der Waals surface area contributed by atoms with Gasteiger partial charge >= 0.3 is 5.92 Å². The van der Waals surface area contributed by atoms with E-state index in [0.717, 1.165) is 12.1 Å². The summed E-state index contributed by atoms with van der Waals surface area (Å²) in [7, 11) is 0. The number of hydrogen-bond donors (Lipinski definition) is 0. The molecule has 0 spiro atoms. The van der Waals surface area contributed by atoms with Gasteiger partial charge in [-0.2, -0.15) is 8.78 Å². The number of rotatable bonds is 3. The van der Waals surface area contributed by atoms with E-state index in [1.165, 1.54) is 6.08 Å². The molecule has 1 saturated heterocycles. The Labute approximate surface area is 133 Å². The molecule has 1 aromatic rings. The van der Waals surface area contributed by atoms with Gasteiger partial charge in [-0.1, -0.05) is 22.0 Å². The lowest BCUT2D eigenvalue weighted by atomic mass is 9.88. The lowest BCUT2D eigenvalue weighted by molar-refractivity contribution is -0.0147. The van der Waals surface area contributed by atoms with Crippen LogP contribution in [0.1, 0.15) is 12.5 Å². The number of allylic oxidation sites excluding steroid dienone is 1. The molecule has 2 atom stereocenters. The van der Waals surface area contributed by atoms with Crippen molar-refractivity contribution in [1.29, 1.82) is 0 Å². The molecule has 22 heavy (non-hydrogen) atoms. The minimum atomic E-state index is -3.51. The fraction of sp³-hybridized carbons (Fsp3) is 0.400. The third-order valence-corrected chi connectivity index (χ3v) is 4.29. The maximum absolute atomic E-state index is 14.8. The molecule has 2 heterocycles. The summed E-state index contributed by atoms with van der Waals surface area (Å²) in [6.45, 7) is 1.59. The van der Waals surface area contributed by atoms with Crippen LogP contribution in [0, 0.1) is 11.6 Å². The van der Waals surface area contributed by atoms with Crippen molar-refractivity contribution in [2.24, 2.45) is 4.99 Å². The third kappa shape index (κ3) is 2.40. The van der Waals surface area contributed by atoms with Crippen LogP contribution in [-0.4, -0.2) is 29.1 Å². The van der Waals surface area contributed by atoms with Crippen molar-refractivity contribution in [2.75, 3.05) is 13.2 Å². The molecule has 0 N–H and O–H groups in total. The predicted octanol–water partition coefficient (Wildman–Crippen LogP) is 3.99. The van der Waals surface area contributed by atoms with Gasteiger partial charge in [0.15, 0.2) is 5.60 Å². The summed E-state index contributed by atoms with van der Waals surface area (Å²) in [5.41, 5.74) is -2.94. The van der Waals surface area contributed by atoms with Crippen molar-refractivity contribution in [3.8, 4) is 0 Å². The Bertz CT molecular complexity index is 680. The second kappa shape index (κ2) is 4.89. The number of nitrogens with zero attached hydrogens (tertiary/aromatic N) is 1. The first-order chi connectivity index (χ1) is 10.2. The Morgan fingerprint density at radius 3 is 2.50 bits per heavy atom. The minimum absolute atomic E-state index is 0.135. The molecule has 7 heteroatoms. The highest BCUT2D eigenvalue weighted by atomic mass is 79.9. The lowest BCUT2D eigenvalue weighted by Crippen LogP contribution is -2.44. The van der Waals surface area contributed by atoms with Crippen LogP contribution >= 0.6 is 15.9 Å². The minimum Gasteiger partial charge on any atom is -0.357 e. The van der Waals surface area contributed by atoms with Crippen LogP contribution in [0.2, 0.25) is 0 Å². The molecule has 1 aromatic carbocycles. The number of benzene rings is 1. The normalized spacial score (nSPS) is 31.1. The quantitative estimate of drug-likeness (QED) is 0.444. The Kier molecular flexibility index (Phi) is 3.49. The summed E-state index contributed by atoms with van der Waals surface area (Å²) >= 11 is 3.35. The molecule has 0 amide bonds. The molecule has 2 aliphatic heterocycles. The standard InChI is InChI=1S/C15H12BrF4NO/c1-13(16)5-4-12(21-7-13)15(19,20)14(8-22-14)10-3-2-9(17)6-11(10)18/h2-6H,7-8H2,1H3. The van der Waals surface area contributed by atoms with Crippen LogP contribution < -0.4 is 0 Å². The molecule has 1 fully saturated rings. The van der Waals surface area contributed by atoms with Crippen molar-refractivity contribution in [1.82, 2.24) is 0 Å². The van der Waals surface area contributed by atoms with E-state index >= 15 is 0 Å². The van der Waals surface area contributed by atoms with Crippen LogP contribution in [0.5, 0.6) is 0 Å². The first kappa shape index (κ1) is 15.7. The molecule has 0 saturated carbocycles. The largest absolute Gasteiger partial charge is 0.357 e. The number of aliphatic imine (C=N–C) groups is 1. The average Bonchev–Trinajstić information content (AvgIpc) is 3.20. The zero-order valence-electron chi connectivity index (χ0n) is 11.5. The molecule has 2 aliphatic rings. The zero-order chi connectivity index (χ0) is 16.2. The highest BCUT2D eigenvalue weighted by Crippen LogP contribution is 2.53. The molecule has 2 unspecified atom stereocenters. The predicted molar refractivity (Wildman–Crippen MR) is 77.7 cm³/mol. The fourth-order valence-corrected chi connectivity index (χ4v) is 2.66. The van der Waals surface area contributed by atoms with Crippen LogP contribution in [0.15, 0.2) is 35.3 Å². The van der Waals surface area contributed by atoms with E-state index in [4.69, 9.17) is 4.74 Å². The molecular weight excluding hydrogens is 366 g/mol. The van der Waals surface area contributed by atoms with E-state index in [1.807, 2.05) is 0 Å². The van der Waals surface area contributed by atoms with Crippen LogP contribution in [0.25, 0.3) is 0 Å². The topological polar surface area (TPSA) is 24.9 Å². The van der Waals surface area contributed by atoms with Crippen LogP contribution in [0.4, 0.5) is 17.6 Å². The average molecular weight is 378 g/mol. The number of ether oxygens (including phenoxy) is 1. The third-order valence-electron chi connectivity index (χ3n) is 3.78. The van der Waals surface area contributed by atoms with Gasteiger partial charge in [0.2, 0.25) is 0 Å². The van der Waals surface area contributed by atoms with Gasteiger partial charge in [0.05, 0.1) is 17.5 Å². The van der Waals surface area contributed by atoms with Gasteiger partial charge in [0, 0.05) is 11.6 Å². The number of alkyl halides is 3. The van der Waals surface area contributed by atoms with E-state index in [2.05, 4.69) is 20.9 Å². The van der Waals surface area contributed by atoms with E-state index in [0.29, 0.717) is 6.07 Å². The van der Waals surface area contributed by atoms with Gasteiger partial charge in [-0.15, -0.1) is 0 Å². The monoisotopic (exact) mass is 377 g/mol. The smallest absolute Gasteiger partial charge is 0.324 e. The second-order valence-corrected chi connectivity index (χ2v) is 7.44. The van der Waals surface area contributed by atoms with Crippen molar-refractivity contribution in [2.45, 2.75) is 22.8 Å². The Morgan fingerprint density at radius 1 is 1.32 bits per heavy atom. The summed E-state index contributed by atoms with van der Waals surface area (Å²) in [6.07, 6.45) is 2.78. The highest BCUT2D eigenvalue weighted by Gasteiger charge is 2.68. The van der Waals surface area contributed by atoms with Gasteiger partial charge in [0.25, 0.3) is 0 Å². The summed E-state index contributed by atoms with van der Waals surface area (Å²) in [5.74, 6) is -5.39. The first-order valence-electron chi connectivity index (χ1n) is 6.58. The van der Waals surface area contributed by atoms with Gasteiger partial charge in [-0.05, 0) is 25.1 Å². The molecule has 0 aromatic heterocycles. The fourth-order valence-electron chi connectivity index (χ4n) is 2.40. The van der Waals surface area contributed by atoms with E-state index in [1.54, 1.807) is 13.0 Å². The second-order valence-electron chi connectivity index (χ2n) is 5.63. The molecule has 2 nitrogen and oxygen atoms in total. The van der Waals surface area contributed by atoms with Gasteiger partial charge in [0.1, 0.15) is 17.3 Å². The maximum atomic E-state index is 14.8. The van der Waals surface area contributed by atoms with Gasteiger partial charge in [-0.3, -0.25) is 4.99 Å². The first-order valence-corrected chi connectivity index (χ1v) is 7.38. The molecule has 0 bridgehead atoms. The Balaban J connectivity index is 1.98.